The van der Waals surface area contributed by atoms with Crippen LogP contribution in [0.5, 0.6) is 0 Å². The maximum absolute atomic E-state index is 12.7. The number of carboxylic acid groups (broad SMARTS) is 1. The Kier molecular flexibility index (Phi) is 4.61. The lowest BCUT2D eigenvalue weighted by Gasteiger charge is -2.21. The van der Waals surface area contributed by atoms with E-state index in [0.29, 0.717) is 0 Å². The summed E-state index contributed by atoms with van der Waals surface area (Å²) in [5.74, 6) is -1.82. The average Bonchev–Trinajstić information content (AvgIpc) is 2.26. The van der Waals surface area contributed by atoms with Gasteiger partial charge in [0.05, 0.1) is 16.9 Å². The molecule has 0 amide bonds. The highest BCUT2D eigenvalue weighted by molar-refractivity contribution is 7.89. The van der Waals surface area contributed by atoms with Gasteiger partial charge >= 0.3 is 5.97 Å². The molecule has 0 aliphatic carbocycles. The minimum atomic E-state index is -3.92. The first-order valence-corrected chi connectivity index (χ1v) is 6.80. The maximum Gasteiger partial charge on any atom is 0.306 e. The highest BCUT2D eigenvalue weighted by atomic mass is 32.2. The van der Waals surface area contributed by atoms with Crippen molar-refractivity contribution < 1.29 is 27.8 Å². The molecule has 3 N–H and O–H groups in total. The molecule has 1 atom stereocenters. The third-order valence-corrected chi connectivity index (χ3v) is 3.72. The average molecular weight is 291 g/mol. The van der Waals surface area contributed by atoms with Crippen molar-refractivity contribution in [3.63, 3.8) is 0 Å². The number of carboxylic acids is 1. The fourth-order valence-corrected chi connectivity index (χ4v) is 2.50. The summed E-state index contributed by atoms with van der Waals surface area (Å²) in [6.45, 7) is 0.743. The number of aliphatic carboxylic acids is 1. The van der Waals surface area contributed by atoms with Gasteiger partial charge in [0.15, 0.2) is 0 Å². The molecule has 0 aliphatic rings. The molecule has 19 heavy (non-hydrogen) atoms. The highest BCUT2D eigenvalue weighted by Crippen LogP contribution is 2.12. The van der Waals surface area contributed by atoms with Gasteiger partial charge in [-0.25, -0.2) is 17.5 Å². The van der Waals surface area contributed by atoms with Crippen molar-refractivity contribution >= 4 is 16.0 Å². The van der Waals surface area contributed by atoms with Crippen LogP contribution in [0.2, 0.25) is 0 Å². The van der Waals surface area contributed by atoms with E-state index < -0.39 is 40.4 Å². The Morgan fingerprint density at radius 1 is 1.37 bits per heavy atom. The molecule has 0 bridgehead atoms. The van der Waals surface area contributed by atoms with Gasteiger partial charge in [0.1, 0.15) is 5.82 Å². The molecule has 106 valence electrons. The summed E-state index contributed by atoms with van der Waals surface area (Å²) in [6, 6.07) is 4.13. The van der Waals surface area contributed by atoms with Crippen LogP contribution in [0.1, 0.15) is 13.3 Å². The van der Waals surface area contributed by atoms with Gasteiger partial charge in [-0.05, 0) is 31.2 Å². The number of nitrogens with one attached hydrogen (secondary N) is 1. The lowest BCUT2D eigenvalue weighted by molar-refractivity contribution is -0.141. The maximum atomic E-state index is 12.7. The third-order valence-electron chi connectivity index (χ3n) is 2.30. The summed E-state index contributed by atoms with van der Waals surface area (Å²) >= 11 is 0. The standard InChI is InChI=1S/C11H14FNO5S/c1-11(16,6-10(14)15)7-13-19(17,18)9-4-2-8(12)3-5-9/h2-5,13,16H,6-7H2,1H3,(H,14,15). The Balaban J connectivity index is 2.76. The number of sulfonamides is 1. The molecule has 0 saturated carbocycles. The normalized spacial score (nSPS) is 14.9. The van der Waals surface area contributed by atoms with Gasteiger partial charge in [-0.15, -0.1) is 0 Å². The lowest BCUT2D eigenvalue weighted by atomic mass is 10.0. The summed E-state index contributed by atoms with van der Waals surface area (Å²) < 4.78 is 38.3. The number of benzene rings is 1. The predicted octanol–water partition coefficient (Wildman–Crippen LogP) is 0.330. The molecular formula is C11H14FNO5S. The zero-order valence-corrected chi connectivity index (χ0v) is 10.9. The Morgan fingerprint density at radius 3 is 2.37 bits per heavy atom. The zero-order chi connectivity index (χ0) is 14.7. The fraction of sp³-hybridized carbons (Fsp3) is 0.364. The van der Waals surface area contributed by atoms with Crippen LogP contribution in [0, 0.1) is 5.82 Å². The van der Waals surface area contributed by atoms with Crippen molar-refractivity contribution in [3.8, 4) is 0 Å². The molecular weight excluding hydrogens is 277 g/mol. The summed E-state index contributed by atoms with van der Waals surface area (Å²) in [4.78, 5) is 10.3. The van der Waals surface area contributed by atoms with Gasteiger partial charge in [-0.1, -0.05) is 0 Å². The number of hydrogen-bond donors (Lipinski definition) is 3. The molecule has 0 aliphatic heterocycles. The van der Waals surface area contributed by atoms with Crippen molar-refractivity contribution in [2.45, 2.75) is 23.8 Å². The molecule has 0 radical (unpaired) electrons. The minimum Gasteiger partial charge on any atom is -0.481 e. The van der Waals surface area contributed by atoms with E-state index in [1.54, 1.807) is 0 Å². The van der Waals surface area contributed by atoms with Crippen LogP contribution in [-0.4, -0.2) is 36.7 Å². The fourth-order valence-electron chi connectivity index (χ4n) is 1.34. The molecule has 0 heterocycles. The van der Waals surface area contributed by atoms with E-state index in [2.05, 4.69) is 4.72 Å². The van der Waals surface area contributed by atoms with Gasteiger partial charge in [0.2, 0.25) is 10.0 Å². The van der Waals surface area contributed by atoms with Gasteiger partial charge in [-0.2, -0.15) is 0 Å². The summed E-state index contributed by atoms with van der Waals surface area (Å²) in [5, 5.41) is 18.2. The first-order chi connectivity index (χ1) is 8.62. The molecule has 0 fully saturated rings. The third kappa shape index (κ3) is 4.93. The van der Waals surface area contributed by atoms with Crippen LogP contribution in [0.3, 0.4) is 0 Å². The highest BCUT2D eigenvalue weighted by Gasteiger charge is 2.26. The van der Waals surface area contributed by atoms with Crippen molar-refractivity contribution in [1.82, 2.24) is 4.72 Å². The van der Waals surface area contributed by atoms with Gasteiger partial charge in [0.25, 0.3) is 0 Å². The van der Waals surface area contributed by atoms with Crippen molar-refractivity contribution in [2.24, 2.45) is 0 Å². The topological polar surface area (TPSA) is 104 Å². The number of aliphatic hydroxyl groups is 1. The summed E-state index contributed by atoms with van der Waals surface area (Å²) in [5.41, 5.74) is -1.71. The molecule has 0 spiro atoms. The van der Waals surface area contributed by atoms with E-state index in [9.17, 15) is 22.7 Å². The Labute approximate surface area is 109 Å². The molecule has 8 heteroatoms. The first kappa shape index (κ1) is 15.5. The number of halogens is 1. The molecule has 1 rings (SSSR count). The second-order valence-corrected chi connectivity index (χ2v) is 6.11. The van der Waals surface area contributed by atoms with E-state index in [4.69, 9.17) is 5.11 Å². The van der Waals surface area contributed by atoms with Crippen LogP contribution in [0.15, 0.2) is 29.2 Å². The second kappa shape index (κ2) is 5.64. The SMILES string of the molecule is CC(O)(CNS(=O)(=O)c1ccc(F)cc1)CC(=O)O. The Morgan fingerprint density at radius 2 is 1.89 bits per heavy atom. The predicted molar refractivity (Wildman–Crippen MR) is 64.5 cm³/mol. The Bertz CT molecular complexity index is 553. The summed E-state index contributed by atoms with van der Waals surface area (Å²) in [7, 11) is -3.92. The number of rotatable bonds is 6. The van der Waals surface area contributed by atoms with Gasteiger partial charge in [0, 0.05) is 6.54 Å². The smallest absolute Gasteiger partial charge is 0.306 e. The number of hydrogen-bond acceptors (Lipinski definition) is 4. The van der Waals surface area contributed by atoms with Crippen LogP contribution in [0.25, 0.3) is 0 Å². The van der Waals surface area contributed by atoms with E-state index in [1.165, 1.54) is 6.92 Å². The van der Waals surface area contributed by atoms with Crippen molar-refractivity contribution in [3.05, 3.63) is 30.1 Å². The molecule has 0 aromatic heterocycles. The monoisotopic (exact) mass is 291 g/mol. The Hall–Kier alpha value is -1.51. The molecule has 0 saturated heterocycles. The van der Waals surface area contributed by atoms with Gasteiger partial charge in [-0.3, -0.25) is 4.79 Å². The molecule has 6 nitrogen and oxygen atoms in total. The molecule has 1 unspecified atom stereocenters. The quantitative estimate of drug-likeness (QED) is 0.700. The lowest BCUT2D eigenvalue weighted by Crippen LogP contribution is -2.42. The molecule has 1 aromatic carbocycles. The second-order valence-electron chi connectivity index (χ2n) is 4.35. The minimum absolute atomic E-state index is 0.167. The van der Waals surface area contributed by atoms with E-state index >= 15 is 0 Å². The van der Waals surface area contributed by atoms with Crippen LogP contribution in [0.4, 0.5) is 4.39 Å². The zero-order valence-electron chi connectivity index (χ0n) is 10.1. The van der Waals surface area contributed by atoms with Crippen molar-refractivity contribution in [2.75, 3.05) is 6.54 Å². The largest absolute Gasteiger partial charge is 0.481 e. The van der Waals surface area contributed by atoms with Gasteiger partial charge < -0.3 is 10.2 Å². The van der Waals surface area contributed by atoms with E-state index in [-0.39, 0.29) is 4.90 Å². The first-order valence-electron chi connectivity index (χ1n) is 5.32. The van der Waals surface area contributed by atoms with Crippen LogP contribution < -0.4 is 4.72 Å². The van der Waals surface area contributed by atoms with Crippen LogP contribution >= 0.6 is 0 Å². The van der Waals surface area contributed by atoms with E-state index in [0.717, 1.165) is 24.3 Å². The van der Waals surface area contributed by atoms with Crippen molar-refractivity contribution in [1.29, 1.82) is 0 Å². The molecule has 1 aromatic rings. The summed E-state index contributed by atoms with van der Waals surface area (Å²) in [6.07, 6.45) is -0.598. The number of carbonyl (C=O) groups is 1. The van der Waals surface area contributed by atoms with Crippen LogP contribution in [-0.2, 0) is 14.8 Å². The van der Waals surface area contributed by atoms with E-state index in [1.807, 2.05) is 0 Å².